The average molecular weight is 285 g/mol. The van der Waals surface area contributed by atoms with Gasteiger partial charge in [0.15, 0.2) is 0 Å². The highest BCUT2D eigenvalue weighted by Crippen LogP contribution is 2.21. The van der Waals surface area contributed by atoms with Crippen LogP contribution in [0.3, 0.4) is 0 Å². The molecule has 1 amide bonds. The van der Waals surface area contributed by atoms with Gasteiger partial charge in [-0.1, -0.05) is 20.8 Å². The lowest BCUT2D eigenvalue weighted by Crippen LogP contribution is -2.40. The summed E-state index contributed by atoms with van der Waals surface area (Å²) in [6, 6.07) is 1.37. The number of carbonyl (C=O) groups excluding carboxylic acids is 1. The summed E-state index contributed by atoms with van der Waals surface area (Å²) in [6.07, 6.45) is 0.533. The monoisotopic (exact) mass is 285 g/mol. The fourth-order valence-electron chi connectivity index (χ4n) is 1.98. The molecule has 1 aromatic rings. The Balaban J connectivity index is 2.87. The van der Waals surface area contributed by atoms with Crippen molar-refractivity contribution in [3.8, 4) is 0 Å². The molecule has 0 aromatic heterocycles. The van der Waals surface area contributed by atoms with Crippen molar-refractivity contribution in [2.75, 3.05) is 6.61 Å². The van der Waals surface area contributed by atoms with E-state index in [-0.39, 0.29) is 23.1 Å². The number of hydrogen-bond donors (Lipinski definition) is 2. The van der Waals surface area contributed by atoms with E-state index >= 15 is 0 Å². The summed E-state index contributed by atoms with van der Waals surface area (Å²) in [4.78, 5) is 12.0. The summed E-state index contributed by atoms with van der Waals surface area (Å²) in [6.45, 7) is 7.07. The topological polar surface area (TPSA) is 49.3 Å². The van der Waals surface area contributed by atoms with Gasteiger partial charge < -0.3 is 10.4 Å². The van der Waals surface area contributed by atoms with E-state index < -0.39 is 23.6 Å². The number of carbonyl (C=O) groups is 1. The maximum Gasteiger partial charge on any atom is 0.254 e. The molecule has 2 N–H and O–H groups in total. The van der Waals surface area contributed by atoms with Gasteiger partial charge in [-0.2, -0.15) is 0 Å². The van der Waals surface area contributed by atoms with Gasteiger partial charge in [0.05, 0.1) is 18.2 Å². The third-order valence-electron chi connectivity index (χ3n) is 2.91. The highest BCUT2D eigenvalue weighted by molar-refractivity contribution is 5.94. The molecule has 1 unspecified atom stereocenters. The minimum atomic E-state index is -0.770. The van der Waals surface area contributed by atoms with Crippen molar-refractivity contribution in [3.05, 3.63) is 34.9 Å². The van der Waals surface area contributed by atoms with Gasteiger partial charge in [0.25, 0.3) is 5.91 Å². The maximum atomic E-state index is 13.7. The summed E-state index contributed by atoms with van der Waals surface area (Å²) in [5, 5.41) is 11.8. The smallest absolute Gasteiger partial charge is 0.254 e. The zero-order chi connectivity index (χ0) is 15.5. The molecule has 0 radical (unpaired) electrons. The fourth-order valence-corrected chi connectivity index (χ4v) is 1.98. The second-order valence-corrected chi connectivity index (χ2v) is 6.20. The minimum Gasteiger partial charge on any atom is -0.394 e. The van der Waals surface area contributed by atoms with E-state index in [0.29, 0.717) is 6.42 Å². The standard InChI is InChI=1S/C15H21F2NO2/c1-9-5-13(17)11(6-12(9)16)14(20)18-10(8-19)7-15(2,3)4/h5-6,10,19H,7-8H2,1-4H3,(H,18,20). The first-order valence-electron chi connectivity index (χ1n) is 6.51. The van der Waals surface area contributed by atoms with Crippen LogP contribution in [0.25, 0.3) is 0 Å². The molecule has 0 bridgehead atoms. The van der Waals surface area contributed by atoms with Crippen molar-refractivity contribution in [1.82, 2.24) is 5.32 Å². The number of benzene rings is 1. The van der Waals surface area contributed by atoms with Gasteiger partial charge >= 0.3 is 0 Å². The van der Waals surface area contributed by atoms with Gasteiger partial charge in [0, 0.05) is 0 Å². The first-order chi connectivity index (χ1) is 9.14. The van der Waals surface area contributed by atoms with E-state index in [4.69, 9.17) is 0 Å². The maximum absolute atomic E-state index is 13.7. The second kappa shape index (κ2) is 6.31. The van der Waals surface area contributed by atoms with Crippen molar-refractivity contribution in [2.45, 2.75) is 40.2 Å². The largest absolute Gasteiger partial charge is 0.394 e. The van der Waals surface area contributed by atoms with Gasteiger partial charge in [0.1, 0.15) is 11.6 Å². The van der Waals surface area contributed by atoms with Crippen LogP contribution in [0.4, 0.5) is 8.78 Å². The first-order valence-corrected chi connectivity index (χ1v) is 6.51. The third kappa shape index (κ3) is 4.56. The van der Waals surface area contributed by atoms with Crippen LogP contribution in [-0.4, -0.2) is 23.7 Å². The highest BCUT2D eigenvalue weighted by atomic mass is 19.1. The predicted molar refractivity (Wildman–Crippen MR) is 73.5 cm³/mol. The van der Waals surface area contributed by atoms with E-state index in [1.54, 1.807) is 0 Å². The molecule has 0 spiro atoms. The molecule has 0 saturated carbocycles. The minimum absolute atomic E-state index is 0.0995. The predicted octanol–water partition coefficient (Wildman–Crippen LogP) is 2.80. The lowest BCUT2D eigenvalue weighted by molar-refractivity contribution is 0.0893. The quantitative estimate of drug-likeness (QED) is 0.893. The Morgan fingerprint density at radius 2 is 1.90 bits per heavy atom. The SMILES string of the molecule is Cc1cc(F)c(C(=O)NC(CO)CC(C)(C)C)cc1F. The normalized spacial score (nSPS) is 13.2. The van der Waals surface area contributed by atoms with Crippen LogP contribution in [0.15, 0.2) is 12.1 Å². The highest BCUT2D eigenvalue weighted by Gasteiger charge is 2.22. The number of aliphatic hydroxyl groups is 1. The summed E-state index contributed by atoms with van der Waals surface area (Å²) < 4.78 is 27.1. The van der Waals surface area contributed by atoms with Crippen LogP contribution >= 0.6 is 0 Å². The van der Waals surface area contributed by atoms with Crippen LogP contribution < -0.4 is 5.32 Å². The van der Waals surface area contributed by atoms with E-state index in [0.717, 1.165) is 12.1 Å². The molecule has 112 valence electrons. The molecule has 0 aliphatic rings. The summed E-state index contributed by atoms with van der Waals surface area (Å²) in [5.41, 5.74) is -0.300. The van der Waals surface area contributed by atoms with E-state index in [2.05, 4.69) is 5.32 Å². The van der Waals surface area contributed by atoms with Gasteiger partial charge in [-0.05, 0) is 36.5 Å². The van der Waals surface area contributed by atoms with Crippen molar-refractivity contribution in [2.24, 2.45) is 5.41 Å². The Hall–Kier alpha value is -1.49. The van der Waals surface area contributed by atoms with Gasteiger partial charge in [-0.25, -0.2) is 8.78 Å². The molecular formula is C15H21F2NO2. The molecule has 1 rings (SSSR count). The van der Waals surface area contributed by atoms with E-state index in [1.807, 2.05) is 20.8 Å². The number of halogens is 2. The Bertz CT molecular complexity index is 495. The van der Waals surface area contributed by atoms with Crippen molar-refractivity contribution in [3.63, 3.8) is 0 Å². The number of aliphatic hydroxyl groups excluding tert-OH is 1. The molecule has 0 fully saturated rings. The number of rotatable bonds is 4. The Morgan fingerprint density at radius 1 is 1.30 bits per heavy atom. The Morgan fingerprint density at radius 3 is 2.40 bits per heavy atom. The molecule has 1 aromatic carbocycles. The molecule has 0 aliphatic carbocycles. The molecule has 5 heteroatoms. The summed E-state index contributed by atoms with van der Waals surface area (Å²) in [5.74, 6) is -2.12. The Labute approximate surface area is 118 Å². The lowest BCUT2D eigenvalue weighted by Gasteiger charge is -2.25. The van der Waals surface area contributed by atoms with Crippen LogP contribution in [0, 0.1) is 24.0 Å². The number of hydrogen-bond acceptors (Lipinski definition) is 2. The molecular weight excluding hydrogens is 264 g/mol. The zero-order valence-corrected chi connectivity index (χ0v) is 12.3. The fraction of sp³-hybridized carbons (Fsp3) is 0.533. The Kier molecular flexibility index (Phi) is 5.22. The van der Waals surface area contributed by atoms with Gasteiger partial charge in [-0.15, -0.1) is 0 Å². The lowest BCUT2D eigenvalue weighted by atomic mass is 9.88. The zero-order valence-electron chi connectivity index (χ0n) is 12.3. The van der Waals surface area contributed by atoms with Crippen molar-refractivity contribution >= 4 is 5.91 Å². The third-order valence-corrected chi connectivity index (χ3v) is 2.91. The van der Waals surface area contributed by atoms with Crippen molar-refractivity contribution < 1.29 is 18.7 Å². The second-order valence-electron chi connectivity index (χ2n) is 6.20. The molecule has 1 atom stereocenters. The van der Waals surface area contributed by atoms with Crippen molar-refractivity contribution in [1.29, 1.82) is 0 Å². The van der Waals surface area contributed by atoms with E-state index in [1.165, 1.54) is 6.92 Å². The summed E-state index contributed by atoms with van der Waals surface area (Å²) >= 11 is 0. The molecule has 0 saturated heterocycles. The molecule has 0 aliphatic heterocycles. The first kappa shape index (κ1) is 16.6. The van der Waals surface area contributed by atoms with E-state index in [9.17, 15) is 18.7 Å². The van der Waals surface area contributed by atoms with Gasteiger partial charge in [-0.3, -0.25) is 4.79 Å². The number of nitrogens with one attached hydrogen (secondary N) is 1. The van der Waals surface area contributed by atoms with Gasteiger partial charge in [0.2, 0.25) is 0 Å². The molecule has 20 heavy (non-hydrogen) atoms. The number of amides is 1. The van der Waals surface area contributed by atoms with Crippen LogP contribution in [0.5, 0.6) is 0 Å². The summed E-state index contributed by atoms with van der Waals surface area (Å²) in [7, 11) is 0. The number of aryl methyl sites for hydroxylation is 1. The molecule has 3 nitrogen and oxygen atoms in total. The van der Waals surface area contributed by atoms with Crippen LogP contribution in [0.2, 0.25) is 0 Å². The van der Waals surface area contributed by atoms with Crippen LogP contribution in [-0.2, 0) is 0 Å². The average Bonchev–Trinajstić information content (AvgIpc) is 2.31. The molecule has 0 heterocycles. The van der Waals surface area contributed by atoms with Crippen LogP contribution in [0.1, 0.15) is 43.1 Å².